The Morgan fingerprint density at radius 1 is 1.39 bits per heavy atom. The molecule has 0 aliphatic carbocycles. The quantitative estimate of drug-likeness (QED) is 0.690. The molecule has 0 saturated heterocycles. The number of rotatable bonds is 5. The van der Waals surface area contributed by atoms with E-state index in [9.17, 15) is 4.79 Å². The third-order valence-electron chi connectivity index (χ3n) is 2.89. The van der Waals surface area contributed by atoms with Crippen molar-refractivity contribution in [3.05, 3.63) is 28.6 Å². The number of primary amides is 1. The third kappa shape index (κ3) is 4.00. The van der Waals surface area contributed by atoms with E-state index in [1.54, 1.807) is 0 Å². The molecule has 4 N–H and O–H groups in total. The van der Waals surface area contributed by atoms with Gasteiger partial charge in [0.25, 0.3) is 0 Å². The summed E-state index contributed by atoms with van der Waals surface area (Å²) in [5, 5.41) is 5.90. The van der Waals surface area contributed by atoms with Crippen LogP contribution < -0.4 is 16.4 Å². The largest absolute Gasteiger partial charge is 0.352 e. The van der Waals surface area contributed by atoms with Crippen molar-refractivity contribution >= 4 is 6.03 Å². The number of hydrogen-bond donors (Lipinski definition) is 3. The molecule has 100 valence electrons. The van der Waals surface area contributed by atoms with E-state index in [1.807, 2.05) is 13.8 Å². The maximum atomic E-state index is 10.5. The Morgan fingerprint density at radius 3 is 2.61 bits per heavy atom. The highest BCUT2D eigenvalue weighted by atomic mass is 16.2. The van der Waals surface area contributed by atoms with Crippen molar-refractivity contribution in [1.29, 1.82) is 0 Å². The molecule has 0 saturated carbocycles. The number of nitrogens with two attached hydrogens (primary N) is 1. The summed E-state index contributed by atoms with van der Waals surface area (Å²) in [5.74, 6) is 0. The van der Waals surface area contributed by atoms with Gasteiger partial charge in [0.1, 0.15) is 0 Å². The van der Waals surface area contributed by atoms with Crippen molar-refractivity contribution < 1.29 is 4.79 Å². The molecule has 1 aromatic rings. The molecule has 1 atom stereocenters. The Hall–Kier alpha value is -1.62. The van der Waals surface area contributed by atoms with E-state index in [2.05, 4.69) is 35.5 Å². The van der Waals surface area contributed by atoms with Gasteiger partial charge < -0.3 is 16.4 Å². The van der Waals surface area contributed by atoms with Crippen LogP contribution in [0.15, 0.2) is 6.07 Å². The lowest BCUT2D eigenvalue weighted by molar-refractivity contribution is 0.249. The lowest BCUT2D eigenvalue weighted by Gasteiger charge is -2.19. The van der Waals surface area contributed by atoms with Crippen molar-refractivity contribution in [1.82, 2.24) is 15.6 Å². The summed E-state index contributed by atoms with van der Waals surface area (Å²) in [6.45, 7) is 9.41. The van der Waals surface area contributed by atoms with E-state index in [-0.39, 0.29) is 6.04 Å². The average Bonchev–Trinajstić information content (AvgIpc) is 2.22. The van der Waals surface area contributed by atoms with Crippen LogP contribution in [0.5, 0.6) is 0 Å². The fourth-order valence-corrected chi connectivity index (χ4v) is 2.26. The summed E-state index contributed by atoms with van der Waals surface area (Å²) in [5.41, 5.74) is 9.55. The SMILES string of the molecule is Cc1cc(C)c(C(C)NCCNC(N)=O)c(C)n1. The zero-order chi connectivity index (χ0) is 13.7. The van der Waals surface area contributed by atoms with E-state index in [0.29, 0.717) is 13.1 Å². The fourth-order valence-electron chi connectivity index (χ4n) is 2.26. The Labute approximate surface area is 108 Å². The molecule has 0 bridgehead atoms. The minimum atomic E-state index is -0.492. The second kappa shape index (κ2) is 6.35. The Bertz CT molecular complexity index is 408. The topological polar surface area (TPSA) is 80.0 Å². The first-order chi connectivity index (χ1) is 8.41. The molecule has 1 unspecified atom stereocenters. The van der Waals surface area contributed by atoms with Gasteiger partial charge in [-0.05, 0) is 44.9 Å². The van der Waals surface area contributed by atoms with Gasteiger partial charge in [-0.2, -0.15) is 0 Å². The van der Waals surface area contributed by atoms with Crippen LogP contribution in [-0.2, 0) is 0 Å². The maximum Gasteiger partial charge on any atom is 0.312 e. The van der Waals surface area contributed by atoms with Crippen molar-refractivity contribution in [2.45, 2.75) is 33.7 Å². The Balaban J connectivity index is 2.61. The monoisotopic (exact) mass is 250 g/mol. The third-order valence-corrected chi connectivity index (χ3v) is 2.89. The molecule has 5 nitrogen and oxygen atoms in total. The number of carbonyl (C=O) groups excluding carboxylic acids is 1. The average molecular weight is 250 g/mol. The zero-order valence-electron chi connectivity index (χ0n) is 11.5. The highest BCUT2D eigenvalue weighted by Crippen LogP contribution is 2.20. The molecule has 18 heavy (non-hydrogen) atoms. The first kappa shape index (κ1) is 14.4. The van der Waals surface area contributed by atoms with Crippen LogP contribution in [0.4, 0.5) is 4.79 Å². The van der Waals surface area contributed by atoms with Gasteiger partial charge in [0.15, 0.2) is 0 Å². The van der Waals surface area contributed by atoms with Gasteiger partial charge in [-0.15, -0.1) is 0 Å². The van der Waals surface area contributed by atoms with E-state index in [0.717, 1.165) is 11.4 Å². The predicted octanol–water partition coefficient (Wildman–Crippen LogP) is 1.33. The van der Waals surface area contributed by atoms with Crippen LogP contribution in [0.1, 0.15) is 35.5 Å². The van der Waals surface area contributed by atoms with Crippen LogP contribution in [0.2, 0.25) is 0 Å². The lowest BCUT2D eigenvalue weighted by atomic mass is 10.0. The second-order valence-electron chi connectivity index (χ2n) is 4.55. The van der Waals surface area contributed by atoms with Gasteiger partial charge in [0.2, 0.25) is 0 Å². The van der Waals surface area contributed by atoms with E-state index in [1.165, 1.54) is 11.1 Å². The summed E-state index contributed by atoms with van der Waals surface area (Å²) < 4.78 is 0. The Morgan fingerprint density at radius 2 is 2.06 bits per heavy atom. The smallest absolute Gasteiger partial charge is 0.312 e. The molecule has 1 rings (SSSR count). The fraction of sp³-hybridized carbons (Fsp3) is 0.538. The number of amides is 2. The molecule has 0 aliphatic rings. The van der Waals surface area contributed by atoms with Crippen LogP contribution >= 0.6 is 0 Å². The molecular weight excluding hydrogens is 228 g/mol. The number of pyridine rings is 1. The highest BCUT2D eigenvalue weighted by Gasteiger charge is 2.12. The molecule has 1 aromatic heterocycles. The molecule has 0 spiro atoms. The van der Waals surface area contributed by atoms with Crippen LogP contribution in [0.3, 0.4) is 0 Å². The Kier molecular flexibility index (Phi) is 5.09. The van der Waals surface area contributed by atoms with Crippen molar-refractivity contribution in [3.63, 3.8) is 0 Å². The number of nitrogens with zero attached hydrogens (tertiary/aromatic N) is 1. The number of aryl methyl sites for hydroxylation is 3. The number of hydrogen-bond acceptors (Lipinski definition) is 3. The molecule has 0 aromatic carbocycles. The minimum absolute atomic E-state index is 0.202. The summed E-state index contributed by atoms with van der Waals surface area (Å²) >= 11 is 0. The summed E-state index contributed by atoms with van der Waals surface area (Å²) in [4.78, 5) is 15.0. The summed E-state index contributed by atoms with van der Waals surface area (Å²) in [6, 6.07) is 1.80. The summed E-state index contributed by atoms with van der Waals surface area (Å²) in [6.07, 6.45) is 0. The predicted molar refractivity (Wildman–Crippen MR) is 72.5 cm³/mol. The van der Waals surface area contributed by atoms with E-state index >= 15 is 0 Å². The van der Waals surface area contributed by atoms with Gasteiger partial charge in [0.05, 0.1) is 0 Å². The second-order valence-corrected chi connectivity index (χ2v) is 4.55. The van der Waals surface area contributed by atoms with E-state index < -0.39 is 6.03 Å². The van der Waals surface area contributed by atoms with Gasteiger partial charge >= 0.3 is 6.03 Å². The van der Waals surface area contributed by atoms with Crippen molar-refractivity contribution in [3.8, 4) is 0 Å². The maximum absolute atomic E-state index is 10.5. The molecule has 0 fully saturated rings. The van der Waals surface area contributed by atoms with Gasteiger partial charge in [-0.25, -0.2) is 4.79 Å². The van der Waals surface area contributed by atoms with Gasteiger partial charge in [-0.1, -0.05) is 0 Å². The molecule has 5 heteroatoms. The standard InChI is InChI=1S/C13H22N4O/c1-8-7-9(2)17-11(4)12(8)10(3)15-5-6-16-13(14)18/h7,10,15H,5-6H2,1-4H3,(H3,14,16,18). The molecular formula is C13H22N4O. The first-order valence-electron chi connectivity index (χ1n) is 6.13. The van der Waals surface area contributed by atoms with Crippen molar-refractivity contribution in [2.75, 3.05) is 13.1 Å². The number of aromatic nitrogens is 1. The van der Waals surface area contributed by atoms with Crippen molar-refractivity contribution in [2.24, 2.45) is 5.73 Å². The van der Waals surface area contributed by atoms with Crippen LogP contribution in [-0.4, -0.2) is 24.1 Å². The number of urea groups is 1. The molecule has 0 radical (unpaired) electrons. The van der Waals surface area contributed by atoms with Crippen LogP contribution in [0.25, 0.3) is 0 Å². The molecule has 2 amide bonds. The normalized spacial score (nSPS) is 12.2. The van der Waals surface area contributed by atoms with Crippen LogP contribution in [0, 0.1) is 20.8 Å². The number of nitrogens with one attached hydrogen (secondary N) is 2. The zero-order valence-corrected chi connectivity index (χ0v) is 11.5. The lowest BCUT2D eigenvalue weighted by Crippen LogP contribution is -2.36. The number of carbonyl (C=O) groups is 1. The van der Waals surface area contributed by atoms with Gasteiger partial charge in [0, 0.05) is 30.5 Å². The molecule has 1 heterocycles. The van der Waals surface area contributed by atoms with Gasteiger partial charge in [-0.3, -0.25) is 4.98 Å². The van der Waals surface area contributed by atoms with E-state index in [4.69, 9.17) is 5.73 Å². The summed E-state index contributed by atoms with van der Waals surface area (Å²) in [7, 11) is 0. The molecule has 0 aliphatic heterocycles. The highest BCUT2D eigenvalue weighted by molar-refractivity contribution is 5.71. The first-order valence-corrected chi connectivity index (χ1v) is 6.13. The minimum Gasteiger partial charge on any atom is -0.352 e.